The molecule has 2 heteroatoms. The zero-order chi connectivity index (χ0) is 10.6. The fourth-order valence-corrected chi connectivity index (χ4v) is 5.87. The van der Waals surface area contributed by atoms with Crippen molar-refractivity contribution >= 4 is 5.43 Å². The van der Waals surface area contributed by atoms with Crippen LogP contribution in [0.25, 0.3) is 0 Å². The summed E-state index contributed by atoms with van der Waals surface area (Å²) < 4.78 is 0. The van der Waals surface area contributed by atoms with E-state index in [4.69, 9.17) is 0 Å². The van der Waals surface area contributed by atoms with Gasteiger partial charge < -0.3 is 0 Å². The molecule has 0 amide bonds. The van der Waals surface area contributed by atoms with Crippen LogP contribution in [0.3, 0.4) is 0 Å². The van der Waals surface area contributed by atoms with Gasteiger partial charge in [-0.2, -0.15) is 0 Å². The zero-order valence-corrected chi connectivity index (χ0v) is 13.5. The third kappa shape index (κ3) is 11.2. The Labute approximate surface area is 106 Å². The van der Waals surface area contributed by atoms with Gasteiger partial charge in [-0.15, -0.1) is 0 Å². The quantitative estimate of drug-likeness (QED) is 0.404. The predicted octanol–water partition coefficient (Wildman–Crippen LogP) is 4.69. The molecular weight excluding hydrogens is 263 g/mol. The van der Waals surface area contributed by atoms with E-state index in [1.165, 1.54) is 51.4 Å². The Balaban J connectivity index is 3.11. The standard InChI is InChI=1S/C12H26Si.Zr/c1-3-5-7-9-11-13-12-10-8-6-4-2;/h3-12H2,1-2H3;/q;+2. The van der Waals surface area contributed by atoms with Crippen LogP contribution >= 0.6 is 0 Å². The SMILES string of the molecule is CCCCCC[Si](=[Zr+2])CCCCCC. The molecule has 0 rings (SSSR count). The third-order valence-corrected chi connectivity index (χ3v) is 8.27. The van der Waals surface area contributed by atoms with Gasteiger partial charge in [-0.05, 0) is 0 Å². The average Bonchev–Trinajstić information content (AvgIpc) is 2.19. The molecule has 0 saturated heterocycles. The monoisotopic (exact) mass is 288 g/mol. The summed E-state index contributed by atoms with van der Waals surface area (Å²) in [7, 11) is 0. The Kier molecular flexibility index (Phi) is 13.1. The Morgan fingerprint density at radius 2 is 1.14 bits per heavy atom. The van der Waals surface area contributed by atoms with Crippen LogP contribution in [0.4, 0.5) is 0 Å². The van der Waals surface area contributed by atoms with E-state index in [1.807, 2.05) is 23.3 Å². The first-order valence-corrected chi connectivity index (χ1v) is 12.0. The van der Waals surface area contributed by atoms with E-state index >= 15 is 0 Å². The second-order valence-electron chi connectivity index (χ2n) is 4.22. The summed E-state index contributed by atoms with van der Waals surface area (Å²) in [6.07, 6.45) is 11.7. The average molecular weight is 290 g/mol. The molecule has 0 aromatic carbocycles. The molecular formula is C12H26SiZr+2. The molecule has 0 radical (unpaired) electrons. The topological polar surface area (TPSA) is 0 Å². The molecule has 0 aromatic heterocycles. The fraction of sp³-hybridized carbons (Fsp3) is 1.00. The second kappa shape index (κ2) is 12.2. The molecule has 0 heterocycles. The molecule has 0 aliphatic heterocycles. The molecule has 0 atom stereocenters. The van der Waals surface area contributed by atoms with Gasteiger partial charge in [0.1, 0.15) is 0 Å². The van der Waals surface area contributed by atoms with Gasteiger partial charge in [0.25, 0.3) is 0 Å². The summed E-state index contributed by atoms with van der Waals surface area (Å²) >= 11 is 1.88. The number of hydrogen-bond acceptors (Lipinski definition) is 0. The van der Waals surface area contributed by atoms with Crippen molar-refractivity contribution in [1.82, 2.24) is 0 Å². The molecule has 0 fully saturated rings. The first-order chi connectivity index (χ1) is 6.81. The van der Waals surface area contributed by atoms with Crippen LogP contribution in [0.5, 0.6) is 0 Å². The Morgan fingerprint density at radius 1 is 0.714 bits per heavy atom. The first kappa shape index (κ1) is 15.1. The second-order valence-corrected chi connectivity index (χ2v) is 11.6. The van der Waals surface area contributed by atoms with Crippen LogP contribution < -0.4 is 0 Å². The van der Waals surface area contributed by atoms with Gasteiger partial charge in [0.15, 0.2) is 0 Å². The van der Waals surface area contributed by atoms with Crippen molar-refractivity contribution in [1.29, 1.82) is 0 Å². The minimum absolute atomic E-state index is 0.139. The van der Waals surface area contributed by atoms with Crippen LogP contribution in [0.15, 0.2) is 0 Å². The van der Waals surface area contributed by atoms with E-state index in [1.54, 1.807) is 12.1 Å². The maximum absolute atomic E-state index is 2.30. The summed E-state index contributed by atoms with van der Waals surface area (Å²) in [6.45, 7) is 4.60. The van der Waals surface area contributed by atoms with Crippen molar-refractivity contribution in [2.45, 2.75) is 77.3 Å². The van der Waals surface area contributed by atoms with Crippen LogP contribution in [0.1, 0.15) is 65.2 Å². The van der Waals surface area contributed by atoms with E-state index in [0.29, 0.717) is 0 Å². The molecule has 80 valence electrons. The summed E-state index contributed by atoms with van der Waals surface area (Å²) in [5.41, 5.74) is 0.139. The zero-order valence-electron chi connectivity index (χ0n) is 10.1. The Bertz CT molecular complexity index is 120. The first-order valence-electron chi connectivity index (χ1n) is 6.37. The molecule has 0 aliphatic rings. The van der Waals surface area contributed by atoms with Crippen molar-refractivity contribution in [3.05, 3.63) is 0 Å². The summed E-state index contributed by atoms with van der Waals surface area (Å²) in [5, 5.41) is 0. The predicted molar refractivity (Wildman–Crippen MR) is 63.7 cm³/mol. The van der Waals surface area contributed by atoms with Crippen molar-refractivity contribution in [2.75, 3.05) is 0 Å². The van der Waals surface area contributed by atoms with E-state index < -0.39 is 0 Å². The van der Waals surface area contributed by atoms with Crippen molar-refractivity contribution in [2.24, 2.45) is 0 Å². The molecule has 0 bridgehead atoms. The number of unbranched alkanes of at least 4 members (excludes halogenated alkanes) is 6. The molecule has 0 saturated carbocycles. The van der Waals surface area contributed by atoms with Crippen molar-refractivity contribution in [3.8, 4) is 0 Å². The Hall–Kier alpha value is 1.10. The molecule has 0 spiro atoms. The summed E-state index contributed by atoms with van der Waals surface area (Å²) in [6, 6.07) is 3.21. The van der Waals surface area contributed by atoms with Crippen molar-refractivity contribution in [3.63, 3.8) is 0 Å². The van der Waals surface area contributed by atoms with E-state index in [2.05, 4.69) is 13.8 Å². The van der Waals surface area contributed by atoms with Crippen LogP contribution in [-0.2, 0) is 23.3 Å². The number of hydrogen-bond donors (Lipinski definition) is 0. The van der Waals surface area contributed by atoms with Crippen LogP contribution in [-0.4, -0.2) is 5.43 Å². The van der Waals surface area contributed by atoms with Gasteiger partial charge in [0, 0.05) is 0 Å². The maximum atomic E-state index is 2.30. The Morgan fingerprint density at radius 3 is 1.50 bits per heavy atom. The fourth-order valence-electron chi connectivity index (χ4n) is 1.66. The van der Waals surface area contributed by atoms with Gasteiger partial charge >= 0.3 is 106 Å². The van der Waals surface area contributed by atoms with Crippen LogP contribution in [0, 0.1) is 0 Å². The van der Waals surface area contributed by atoms with Gasteiger partial charge in [0.05, 0.1) is 0 Å². The van der Waals surface area contributed by atoms with Gasteiger partial charge in [0.2, 0.25) is 0 Å². The molecule has 0 aliphatic carbocycles. The molecule has 14 heavy (non-hydrogen) atoms. The van der Waals surface area contributed by atoms with E-state index in [-0.39, 0.29) is 5.43 Å². The summed E-state index contributed by atoms with van der Waals surface area (Å²) in [5.74, 6) is 0. The summed E-state index contributed by atoms with van der Waals surface area (Å²) in [4.78, 5) is 0. The third-order valence-electron chi connectivity index (χ3n) is 2.66. The van der Waals surface area contributed by atoms with Crippen molar-refractivity contribution < 1.29 is 23.3 Å². The number of rotatable bonds is 10. The molecule has 0 unspecified atom stereocenters. The van der Waals surface area contributed by atoms with E-state index in [0.717, 1.165) is 0 Å². The molecule has 0 aromatic rings. The van der Waals surface area contributed by atoms with Gasteiger partial charge in [-0.3, -0.25) is 0 Å². The molecule has 0 N–H and O–H groups in total. The van der Waals surface area contributed by atoms with Gasteiger partial charge in [-0.25, -0.2) is 0 Å². The molecule has 0 nitrogen and oxygen atoms in total. The normalized spacial score (nSPS) is 10.6. The van der Waals surface area contributed by atoms with Gasteiger partial charge in [-0.1, -0.05) is 0 Å². The minimum atomic E-state index is 0.139. The van der Waals surface area contributed by atoms with E-state index in [9.17, 15) is 0 Å². The van der Waals surface area contributed by atoms with Crippen LogP contribution in [0.2, 0.25) is 12.1 Å².